The molecule has 0 bridgehead atoms. The van der Waals surface area contributed by atoms with Crippen LogP contribution in [0.4, 0.5) is 0 Å². The van der Waals surface area contributed by atoms with Gasteiger partial charge in [0.25, 0.3) is 0 Å². The molecule has 0 spiro atoms. The molecule has 0 saturated carbocycles. The third-order valence-electron chi connectivity index (χ3n) is 4.19. The quantitative estimate of drug-likeness (QED) is 0.647. The second-order valence-corrected chi connectivity index (χ2v) is 5.92. The largest absolute Gasteiger partial charge is 0.374 e. The molecule has 1 aliphatic rings. The first-order valence-corrected chi connectivity index (χ1v) is 7.19. The van der Waals surface area contributed by atoms with Gasteiger partial charge in [0.1, 0.15) is 0 Å². The Bertz CT molecular complexity index is 421. The monoisotopic (exact) mass is 262 g/mol. The summed E-state index contributed by atoms with van der Waals surface area (Å²) in [5.74, 6) is 5.75. The molecule has 19 heavy (non-hydrogen) atoms. The highest BCUT2D eigenvalue weighted by atomic mass is 16.5. The Hall–Kier alpha value is -0.900. The molecule has 1 aromatic rings. The van der Waals surface area contributed by atoms with Crippen LogP contribution in [0.15, 0.2) is 12.1 Å². The molecule has 3 heteroatoms. The van der Waals surface area contributed by atoms with E-state index < -0.39 is 0 Å². The van der Waals surface area contributed by atoms with Crippen LogP contribution in [0.5, 0.6) is 0 Å². The van der Waals surface area contributed by atoms with Crippen LogP contribution in [0.3, 0.4) is 0 Å². The first kappa shape index (κ1) is 14.5. The number of ether oxygens (including phenoxy) is 1. The van der Waals surface area contributed by atoms with Crippen LogP contribution in [-0.4, -0.2) is 18.2 Å². The molecule has 1 saturated heterocycles. The van der Waals surface area contributed by atoms with E-state index in [1.807, 2.05) is 0 Å². The standard InChI is InChI=1S/C16H26N2O/c1-10-7-11(2)14(12(3)8-10)9-15(18-17)16-6-5-13(4)19-16/h7-8,13,15-16,18H,5-6,9,17H2,1-4H3. The van der Waals surface area contributed by atoms with Gasteiger partial charge in [-0.3, -0.25) is 11.3 Å². The Balaban J connectivity index is 2.14. The molecule has 1 fully saturated rings. The zero-order valence-electron chi connectivity index (χ0n) is 12.5. The van der Waals surface area contributed by atoms with Gasteiger partial charge in [0, 0.05) is 0 Å². The van der Waals surface area contributed by atoms with Crippen LogP contribution >= 0.6 is 0 Å². The average molecular weight is 262 g/mol. The van der Waals surface area contributed by atoms with Gasteiger partial charge in [-0.2, -0.15) is 0 Å². The molecule has 0 aliphatic carbocycles. The number of benzene rings is 1. The smallest absolute Gasteiger partial charge is 0.0749 e. The normalized spacial score (nSPS) is 24.7. The van der Waals surface area contributed by atoms with E-state index in [0.29, 0.717) is 6.10 Å². The van der Waals surface area contributed by atoms with Crippen LogP contribution in [0.2, 0.25) is 0 Å². The summed E-state index contributed by atoms with van der Waals surface area (Å²) in [4.78, 5) is 0. The third kappa shape index (κ3) is 3.35. The lowest BCUT2D eigenvalue weighted by atomic mass is 9.92. The summed E-state index contributed by atoms with van der Waals surface area (Å²) in [7, 11) is 0. The number of hydrogen-bond acceptors (Lipinski definition) is 3. The molecule has 3 N–H and O–H groups in total. The Morgan fingerprint density at radius 2 is 1.89 bits per heavy atom. The fourth-order valence-corrected chi connectivity index (χ4v) is 3.18. The Morgan fingerprint density at radius 3 is 2.37 bits per heavy atom. The van der Waals surface area contributed by atoms with Crippen molar-refractivity contribution in [3.63, 3.8) is 0 Å². The van der Waals surface area contributed by atoms with Crippen LogP contribution in [-0.2, 0) is 11.2 Å². The molecular weight excluding hydrogens is 236 g/mol. The summed E-state index contributed by atoms with van der Waals surface area (Å²) in [6.07, 6.45) is 3.77. The molecule has 0 radical (unpaired) electrons. The van der Waals surface area contributed by atoms with Gasteiger partial charge in [0.15, 0.2) is 0 Å². The second kappa shape index (κ2) is 6.04. The number of nitrogens with one attached hydrogen (secondary N) is 1. The molecule has 0 aromatic heterocycles. The molecule has 0 amide bonds. The molecule has 3 atom stereocenters. The van der Waals surface area contributed by atoms with E-state index in [1.54, 1.807) is 0 Å². The van der Waals surface area contributed by atoms with Gasteiger partial charge in [-0.1, -0.05) is 17.7 Å². The van der Waals surface area contributed by atoms with Crippen LogP contribution in [0.25, 0.3) is 0 Å². The molecule has 106 valence electrons. The summed E-state index contributed by atoms with van der Waals surface area (Å²) >= 11 is 0. The minimum Gasteiger partial charge on any atom is -0.374 e. The van der Waals surface area contributed by atoms with Gasteiger partial charge in [-0.15, -0.1) is 0 Å². The molecule has 2 rings (SSSR count). The van der Waals surface area contributed by atoms with Gasteiger partial charge in [-0.05, 0) is 63.6 Å². The molecule has 3 nitrogen and oxygen atoms in total. The number of hydrazine groups is 1. The lowest BCUT2D eigenvalue weighted by Crippen LogP contribution is -2.45. The zero-order chi connectivity index (χ0) is 14.0. The summed E-state index contributed by atoms with van der Waals surface area (Å²) in [5, 5.41) is 0. The van der Waals surface area contributed by atoms with Crippen molar-refractivity contribution in [1.29, 1.82) is 0 Å². The lowest BCUT2D eigenvalue weighted by molar-refractivity contribution is 0.0320. The summed E-state index contributed by atoms with van der Waals surface area (Å²) in [6, 6.07) is 4.69. The van der Waals surface area contributed by atoms with Crippen molar-refractivity contribution in [1.82, 2.24) is 5.43 Å². The first-order valence-electron chi connectivity index (χ1n) is 7.19. The van der Waals surface area contributed by atoms with Crippen molar-refractivity contribution < 1.29 is 4.74 Å². The van der Waals surface area contributed by atoms with E-state index in [4.69, 9.17) is 10.6 Å². The Kier molecular flexibility index (Phi) is 4.61. The molecule has 3 unspecified atom stereocenters. The number of nitrogens with two attached hydrogens (primary N) is 1. The number of rotatable bonds is 4. The van der Waals surface area contributed by atoms with E-state index in [0.717, 1.165) is 19.3 Å². The minimum absolute atomic E-state index is 0.199. The third-order valence-corrected chi connectivity index (χ3v) is 4.19. The highest BCUT2D eigenvalue weighted by molar-refractivity contribution is 5.38. The molecule has 1 aromatic carbocycles. The van der Waals surface area contributed by atoms with Crippen molar-refractivity contribution in [2.45, 2.75) is 65.2 Å². The fraction of sp³-hybridized carbons (Fsp3) is 0.625. The van der Waals surface area contributed by atoms with Gasteiger partial charge >= 0.3 is 0 Å². The van der Waals surface area contributed by atoms with Gasteiger partial charge in [0.05, 0.1) is 18.2 Å². The van der Waals surface area contributed by atoms with E-state index in [1.165, 1.54) is 22.3 Å². The van der Waals surface area contributed by atoms with Crippen LogP contribution in [0, 0.1) is 20.8 Å². The van der Waals surface area contributed by atoms with Crippen molar-refractivity contribution in [3.05, 3.63) is 34.4 Å². The SMILES string of the molecule is Cc1cc(C)c(CC(NN)C2CCC(C)O2)c(C)c1. The van der Waals surface area contributed by atoms with Crippen molar-refractivity contribution in [2.75, 3.05) is 0 Å². The van der Waals surface area contributed by atoms with E-state index >= 15 is 0 Å². The maximum atomic E-state index is 5.95. The van der Waals surface area contributed by atoms with Crippen LogP contribution < -0.4 is 11.3 Å². The maximum absolute atomic E-state index is 5.95. The van der Waals surface area contributed by atoms with Crippen molar-refractivity contribution in [2.24, 2.45) is 5.84 Å². The lowest BCUT2D eigenvalue weighted by Gasteiger charge is -2.24. The highest BCUT2D eigenvalue weighted by Crippen LogP contribution is 2.25. The first-order chi connectivity index (χ1) is 9.01. The topological polar surface area (TPSA) is 47.3 Å². The summed E-state index contributed by atoms with van der Waals surface area (Å²) in [5.41, 5.74) is 8.38. The van der Waals surface area contributed by atoms with E-state index in [-0.39, 0.29) is 12.1 Å². The molecule has 1 aliphatic heterocycles. The predicted octanol–water partition coefficient (Wildman–Crippen LogP) is 2.55. The Morgan fingerprint density at radius 1 is 1.26 bits per heavy atom. The second-order valence-electron chi connectivity index (χ2n) is 5.92. The maximum Gasteiger partial charge on any atom is 0.0749 e. The van der Waals surface area contributed by atoms with Crippen LogP contribution in [0.1, 0.15) is 42.0 Å². The summed E-state index contributed by atoms with van der Waals surface area (Å²) in [6.45, 7) is 8.64. The van der Waals surface area contributed by atoms with E-state index in [9.17, 15) is 0 Å². The van der Waals surface area contributed by atoms with Gasteiger partial charge in [0.2, 0.25) is 0 Å². The van der Waals surface area contributed by atoms with E-state index in [2.05, 4.69) is 45.3 Å². The number of aryl methyl sites for hydroxylation is 3. The van der Waals surface area contributed by atoms with Crippen molar-refractivity contribution in [3.8, 4) is 0 Å². The highest BCUT2D eigenvalue weighted by Gasteiger charge is 2.29. The van der Waals surface area contributed by atoms with Gasteiger partial charge in [-0.25, -0.2) is 0 Å². The summed E-state index contributed by atoms with van der Waals surface area (Å²) < 4.78 is 5.95. The van der Waals surface area contributed by atoms with Crippen molar-refractivity contribution >= 4 is 0 Å². The van der Waals surface area contributed by atoms with Gasteiger partial charge < -0.3 is 4.74 Å². The molecule has 1 heterocycles. The minimum atomic E-state index is 0.199. The molecular formula is C16H26N2O. The predicted molar refractivity (Wildman–Crippen MR) is 79.0 cm³/mol. The number of hydrogen-bond donors (Lipinski definition) is 2. The fourth-order valence-electron chi connectivity index (χ4n) is 3.18. The Labute approximate surface area is 116 Å². The zero-order valence-corrected chi connectivity index (χ0v) is 12.5. The average Bonchev–Trinajstić information content (AvgIpc) is 2.75.